The molecule has 1 saturated heterocycles. The van der Waals surface area contributed by atoms with E-state index in [1.165, 1.54) is 0 Å². The van der Waals surface area contributed by atoms with Crippen LogP contribution in [0.25, 0.3) is 0 Å². The molecule has 0 aromatic heterocycles. The molecule has 0 spiro atoms. The maximum Gasteiger partial charge on any atom is 0.246 e. The summed E-state index contributed by atoms with van der Waals surface area (Å²) in [7, 11) is -2.94. The second kappa shape index (κ2) is 4.57. The summed E-state index contributed by atoms with van der Waals surface area (Å²) in [6.45, 7) is 0. The second-order valence-corrected chi connectivity index (χ2v) is 8.06. The minimum absolute atomic E-state index is 0.111. The van der Waals surface area contributed by atoms with Gasteiger partial charge in [-0.05, 0) is 24.6 Å². The van der Waals surface area contributed by atoms with Gasteiger partial charge in [-0.15, -0.1) is 0 Å². The van der Waals surface area contributed by atoms with Gasteiger partial charge in [0.2, 0.25) is 5.91 Å². The second-order valence-electron chi connectivity index (χ2n) is 4.92. The molecule has 7 heteroatoms. The fraction of sp³-hybridized carbons (Fsp3) is 0.417. The topological polar surface area (TPSA) is 75.3 Å². The number of hydrogen-bond acceptors (Lipinski definition) is 4. The van der Waals surface area contributed by atoms with Crippen molar-refractivity contribution in [3.63, 3.8) is 0 Å². The zero-order valence-corrected chi connectivity index (χ0v) is 12.4. The van der Waals surface area contributed by atoms with Crippen molar-refractivity contribution in [3.8, 4) is 0 Å². The van der Waals surface area contributed by atoms with Gasteiger partial charge in [0.15, 0.2) is 9.84 Å². The van der Waals surface area contributed by atoms with Gasteiger partial charge in [-0.1, -0.05) is 15.9 Å². The Hall–Kier alpha value is -0.920. The normalized spacial score (nSPS) is 28.2. The molecule has 1 aromatic rings. The van der Waals surface area contributed by atoms with Gasteiger partial charge in [-0.3, -0.25) is 10.1 Å². The van der Waals surface area contributed by atoms with Crippen molar-refractivity contribution in [3.05, 3.63) is 28.2 Å². The molecule has 3 rings (SSSR count). The molecule has 2 heterocycles. The monoisotopic (exact) mass is 344 g/mol. The van der Waals surface area contributed by atoms with Crippen LogP contribution in [0.1, 0.15) is 18.0 Å². The number of rotatable bonds is 2. The van der Waals surface area contributed by atoms with Crippen molar-refractivity contribution in [2.75, 3.05) is 16.8 Å². The molecular formula is C12H13BrN2O3S. The summed E-state index contributed by atoms with van der Waals surface area (Å²) in [5.41, 5.74) is 1.65. The van der Waals surface area contributed by atoms with E-state index in [0.29, 0.717) is 6.42 Å². The van der Waals surface area contributed by atoms with E-state index in [-0.39, 0.29) is 23.5 Å². The lowest BCUT2D eigenvalue weighted by Crippen LogP contribution is -2.37. The number of benzene rings is 1. The molecule has 2 aliphatic rings. The predicted molar refractivity (Wildman–Crippen MR) is 75.7 cm³/mol. The van der Waals surface area contributed by atoms with Crippen LogP contribution in [-0.2, 0) is 14.6 Å². The lowest BCUT2D eigenvalue weighted by molar-refractivity contribution is -0.117. The van der Waals surface area contributed by atoms with E-state index >= 15 is 0 Å². The molecule has 0 radical (unpaired) electrons. The summed E-state index contributed by atoms with van der Waals surface area (Å²) in [6, 6.07) is 4.97. The van der Waals surface area contributed by atoms with E-state index in [0.717, 1.165) is 15.7 Å². The molecule has 0 saturated carbocycles. The maximum atomic E-state index is 12.0. The van der Waals surface area contributed by atoms with Crippen LogP contribution in [0.3, 0.4) is 0 Å². The zero-order chi connectivity index (χ0) is 13.6. The zero-order valence-electron chi connectivity index (χ0n) is 10.0. The van der Waals surface area contributed by atoms with Crippen LogP contribution in [0.5, 0.6) is 0 Å². The quantitative estimate of drug-likeness (QED) is 0.845. The van der Waals surface area contributed by atoms with E-state index in [9.17, 15) is 13.2 Å². The number of nitrogens with one attached hydrogen (secondary N) is 2. The largest absolute Gasteiger partial charge is 0.324 e. The third kappa shape index (κ3) is 2.54. The van der Waals surface area contributed by atoms with E-state index in [1.54, 1.807) is 0 Å². The van der Waals surface area contributed by atoms with Crippen LogP contribution < -0.4 is 10.6 Å². The Morgan fingerprint density at radius 1 is 1.37 bits per heavy atom. The molecule has 2 unspecified atom stereocenters. The highest BCUT2D eigenvalue weighted by molar-refractivity contribution is 9.10. The standard InChI is InChI=1S/C12H13BrN2O3S/c13-7-1-2-10-9(5-7)11(12(16)15-10)14-8-3-4-19(17,18)6-8/h1-2,5,8,11,14H,3-4,6H2,(H,15,16). The van der Waals surface area contributed by atoms with Crippen molar-refractivity contribution in [2.24, 2.45) is 0 Å². The van der Waals surface area contributed by atoms with E-state index in [2.05, 4.69) is 26.6 Å². The van der Waals surface area contributed by atoms with E-state index in [1.807, 2.05) is 18.2 Å². The first-order valence-corrected chi connectivity index (χ1v) is 8.63. The van der Waals surface area contributed by atoms with Crippen molar-refractivity contribution < 1.29 is 13.2 Å². The molecule has 2 aliphatic heterocycles. The van der Waals surface area contributed by atoms with Gasteiger partial charge in [-0.2, -0.15) is 0 Å². The fourth-order valence-corrected chi connectivity index (χ4v) is 4.63. The number of halogens is 1. The summed E-state index contributed by atoms with van der Waals surface area (Å²) in [5, 5.41) is 5.95. The van der Waals surface area contributed by atoms with E-state index in [4.69, 9.17) is 0 Å². The van der Waals surface area contributed by atoms with Crippen molar-refractivity contribution >= 4 is 37.4 Å². The molecule has 1 fully saturated rings. The summed E-state index contributed by atoms with van der Waals surface area (Å²) in [5.74, 6) is 0.183. The van der Waals surface area contributed by atoms with Gasteiger partial charge in [0.05, 0.1) is 11.5 Å². The van der Waals surface area contributed by atoms with Crippen LogP contribution in [0.4, 0.5) is 5.69 Å². The van der Waals surface area contributed by atoms with Crippen molar-refractivity contribution in [1.29, 1.82) is 0 Å². The molecule has 0 bridgehead atoms. The average molecular weight is 345 g/mol. The van der Waals surface area contributed by atoms with Crippen molar-refractivity contribution in [1.82, 2.24) is 5.32 Å². The Morgan fingerprint density at radius 3 is 2.84 bits per heavy atom. The Balaban J connectivity index is 1.83. The van der Waals surface area contributed by atoms with Gasteiger partial charge in [0.25, 0.3) is 0 Å². The number of carbonyl (C=O) groups excluding carboxylic acids is 1. The van der Waals surface area contributed by atoms with Gasteiger partial charge >= 0.3 is 0 Å². The Kier molecular flexibility index (Phi) is 3.15. The third-order valence-electron chi connectivity index (χ3n) is 3.48. The molecule has 5 nitrogen and oxygen atoms in total. The van der Waals surface area contributed by atoms with Crippen LogP contribution in [0.15, 0.2) is 22.7 Å². The van der Waals surface area contributed by atoms with Crippen LogP contribution in [-0.4, -0.2) is 31.9 Å². The van der Waals surface area contributed by atoms with Crippen LogP contribution >= 0.6 is 15.9 Å². The number of amides is 1. The fourth-order valence-electron chi connectivity index (χ4n) is 2.56. The molecule has 1 amide bonds. The van der Waals surface area contributed by atoms with E-state index < -0.39 is 15.9 Å². The minimum Gasteiger partial charge on any atom is -0.324 e. The summed E-state index contributed by atoms with van der Waals surface area (Å²) in [6.07, 6.45) is 0.565. The highest BCUT2D eigenvalue weighted by Crippen LogP contribution is 2.33. The smallest absolute Gasteiger partial charge is 0.246 e. The third-order valence-corrected chi connectivity index (χ3v) is 5.74. The summed E-state index contributed by atoms with van der Waals surface area (Å²) >= 11 is 3.38. The first-order chi connectivity index (χ1) is 8.94. The Morgan fingerprint density at radius 2 is 2.16 bits per heavy atom. The number of hydrogen-bond donors (Lipinski definition) is 2. The highest BCUT2D eigenvalue weighted by Gasteiger charge is 2.36. The Bertz CT molecular complexity index is 644. The molecule has 2 atom stereocenters. The first kappa shape index (κ1) is 13.1. The SMILES string of the molecule is O=C1Nc2ccc(Br)cc2C1NC1CCS(=O)(=O)C1. The lowest BCUT2D eigenvalue weighted by Gasteiger charge is -2.16. The van der Waals surface area contributed by atoms with Gasteiger partial charge in [-0.25, -0.2) is 8.42 Å². The average Bonchev–Trinajstić information content (AvgIpc) is 2.81. The lowest BCUT2D eigenvalue weighted by atomic mass is 10.1. The summed E-state index contributed by atoms with van der Waals surface area (Å²) < 4.78 is 23.8. The molecular weight excluding hydrogens is 332 g/mol. The van der Waals surface area contributed by atoms with Crippen molar-refractivity contribution in [2.45, 2.75) is 18.5 Å². The number of carbonyl (C=O) groups is 1. The van der Waals surface area contributed by atoms with Gasteiger partial charge < -0.3 is 5.32 Å². The molecule has 19 heavy (non-hydrogen) atoms. The van der Waals surface area contributed by atoms with Gasteiger partial charge in [0.1, 0.15) is 6.04 Å². The van der Waals surface area contributed by atoms with Crippen LogP contribution in [0, 0.1) is 0 Å². The summed E-state index contributed by atoms with van der Waals surface area (Å²) in [4.78, 5) is 12.0. The number of anilines is 1. The maximum absolute atomic E-state index is 12.0. The predicted octanol–water partition coefficient (Wildman–Crippen LogP) is 1.22. The number of fused-ring (bicyclic) bond motifs is 1. The minimum atomic E-state index is -2.94. The molecule has 2 N–H and O–H groups in total. The Labute approximate surface area is 119 Å². The highest BCUT2D eigenvalue weighted by atomic mass is 79.9. The van der Waals surface area contributed by atoms with Gasteiger partial charge in [0, 0.05) is 21.8 Å². The number of sulfone groups is 1. The van der Waals surface area contributed by atoms with Crippen LogP contribution in [0.2, 0.25) is 0 Å². The molecule has 1 aromatic carbocycles. The molecule has 102 valence electrons. The first-order valence-electron chi connectivity index (χ1n) is 6.01. The molecule has 0 aliphatic carbocycles.